The van der Waals surface area contributed by atoms with Gasteiger partial charge in [0.1, 0.15) is 17.2 Å². The summed E-state index contributed by atoms with van der Waals surface area (Å²) in [6.45, 7) is 0.284. The van der Waals surface area contributed by atoms with E-state index in [1.807, 2.05) is 6.07 Å². The third-order valence-corrected chi connectivity index (χ3v) is 5.79. The number of fused-ring (bicyclic) bond motifs is 2. The quantitative estimate of drug-likeness (QED) is 0.437. The molecule has 2 aromatic heterocycles. The van der Waals surface area contributed by atoms with Crippen molar-refractivity contribution in [1.29, 1.82) is 0 Å². The highest BCUT2D eigenvalue weighted by molar-refractivity contribution is 6.08. The lowest BCUT2D eigenvalue weighted by Crippen LogP contribution is -2.17. The second-order valence-corrected chi connectivity index (χ2v) is 8.08. The van der Waals surface area contributed by atoms with E-state index in [-0.39, 0.29) is 47.4 Å². The van der Waals surface area contributed by atoms with Crippen molar-refractivity contribution in [2.75, 3.05) is 12.4 Å². The van der Waals surface area contributed by atoms with Crippen molar-refractivity contribution in [2.24, 2.45) is 0 Å². The van der Waals surface area contributed by atoms with Crippen molar-refractivity contribution < 1.29 is 19.1 Å². The molecule has 166 valence electrons. The van der Waals surface area contributed by atoms with E-state index >= 15 is 0 Å². The lowest BCUT2D eigenvalue weighted by molar-refractivity contribution is -0.115. The molecule has 0 saturated heterocycles. The third kappa shape index (κ3) is 3.78. The molecule has 3 N–H and O–H groups in total. The van der Waals surface area contributed by atoms with E-state index in [2.05, 4.69) is 20.5 Å². The number of pyridine rings is 1. The first-order chi connectivity index (χ1) is 15.9. The summed E-state index contributed by atoms with van der Waals surface area (Å²) in [5, 5.41) is 20.7. The Morgan fingerprint density at radius 1 is 1.24 bits per heavy atom. The molecule has 33 heavy (non-hydrogen) atoms. The minimum Gasteiger partial charge on any atom is -0.505 e. The number of aromatic nitrogens is 3. The summed E-state index contributed by atoms with van der Waals surface area (Å²) in [6, 6.07) is 9.70. The number of aromatic hydroxyl groups is 1. The average molecular weight is 445 g/mol. The molecule has 1 aliphatic rings. The van der Waals surface area contributed by atoms with E-state index in [1.54, 1.807) is 31.4 Å². The van der Waals surface area contributed by atoms with Gasteiger partial charge in [-0.2, -0.15) is 5.10 Å². The van der Waals surface area contributed by atoms with Crippen LogP contribution in [0.2, 0.25) is 0 Å². The Morgan fingerprint density at radius 3 is 2.76 bits per heavy atom. The normalized spacial score (nSPS) is 12.9. The lowest BCUT2D eigenvalue weighted by Gasteiger charge is -2.14. The summed E-state index contributed by atoms with van der Waals surface area (Å²) >= 11 is 0. The Bertz CT molecular complexity index is 1380. The van der Waals surface area contributed by atoms with Gasteiger partial charge < -0.3 is 15.3 Å². The third-order valence-electron chi connectivity index (χ3n) is 5.79. The van der Waals surface area contributed by atoms with Crippen LogP contribution in [0.5, 0.6) is 5.75 Å². The molecule has 0 radical (unpaired) electrons. The number of phenols is 1. The average Bonchev–Trinajstić information content (AvgIpc) is 3.40. The number of halogens is 1. The van der Waals surface area contributed by atoms with Gasteiger partial charge in [0.15, 0.2) is 5.75 Å². The highest BCUT2D eigenvalue weighted by Gasteiger charge is 2.33. The van der Waals surface area contributed by atoms with Gasteiger partial charge in [-0.25, -0.2) is 4.39 Å². The van der Waals surface area contributed by atoms with Gasteiger partial charge in [0, 0.05) is 31.2 Å². The molecule has 1 aliphatic heterocycles. The standard InChI is InChI=1S/C24H20FN5O3/c1-30-12-18-16(10-20(31)28-19-6-7-27-29-19)17-9-14(8-13-2-4-15(25)5-3-13)11-26-22(17)23(32)21(18)24(30)33/h2-7,9,11,32H,8,10,12H2,1H3,(H2,27,28,29,31). The molecule has 0 aliphatic carbocycles. The van der Waals surface area contributed by atoms with Crippen LogP contribution >= 0.6 is 0 Å². The molecule has 9 heteroatoms. The molecule has 0 saturated carbocycles. The van der Waals surface area contributed by atoms with Crippen LogP contribution in [0.1, 0.15) is 32.6 Å². The highest BCUT2D eigenvalue weighted by atomic mass is 19.1. The first kappa shape index (κ1) is 20.6. The van der Waals surface area contributed by atoms with Crippen LogP contribution in [0.25, 0.3) is 10.9 Å². The Morgan fingerprint density at radius 2 is 2.03 bits per heavy atom. The number of carbonyl (C=O) groups excluding carboxylic acids is 2. The van der Waals surface area contributed by atoms with Gasteiger partial charge in [-0.1, -0.05) is 12.1 Å². The molecule has 0 fully saturated rings. The summed E-state index contributed by atoms with van der Waals surface area (Å²) in [4.78, 5) is 31.4. The van der Waals surface area contributed by atoms with Gasteiger partial charge in [-0.3, -0.25) is 19.7 Å². The number of benzene rings is 2. The Labute approximate surface area is 188 Å². The van der Waals surface area contributed by atoms with Crippen molar-refractivity contribution >= 4 is 28.5 Å². The lowest BCUT2D eigenvalue weighted by atomic mass is 9.93. The number of amides is 2. The van der Waals surface area contributed by atoms with Crippen LogP contribution in [0.15, 0.2) is 48.8 Å². The molecule has 8 nitrogen and oxygen atoms in total. The second-order valence-electron chi connectivity index (χ2n) is 8.08. The monoisotopic (exact) mass is 445 g/mol. The Hall–Kier alpha value is -4.27. The zero-order valence-electron chi connectivity index (χ0n) is 17.7. The first-order valence-electron chi connectivity index (χ1n) is 10.3. The second kappa shape index (κ2) is 8.01. The smallest absolute Gasteiger partial charge is 0.258 e. The topological polar surface area (TPSA) is 111 Å². The maximum Gasteiger partial charge on any atom is 0.258 e. The Balaban J connectivity index is 1.60. The van der Waals surface area contributed by atoms with Gasteiger partial charge in [-0.05, 0) is 46.9 Å². The van der Waals surface area contributed by atoms with Crippen LogP contribution in [0, 0.1) is 5.82 Å². The fourth-order valence-corrected chi connectivity index (χ4v) is 4.22. The fourth-order valence-electron chi connectivity index (χ4n) is 4.22. The summed E-state index contributed by atoms with van der Waals surface area (Å²) < 4.78 is 13.3. The molecule has 4 aromatic rings. The summed E-state index contributed by atoms with van der Waals surface area (Å²) in [5.41, 5.74) is 3.45. The van der Waals surface area contributed by atoms with Gasteiger partial charge in [0.2, 0.25) is 5.91 Å². The van der Waals surface area contributed by atoms with Crippen LogP contribution in [0.4, 0.5) is 10.2 Å². The number of anilines is 1. The molecular weight excluding hydrogens is 425 g/mol. The molecule has 5 rings (SSSR count). The van der Waals surface area contributed by atoms with E-state index in [1.165, 1.54) is 23.2 Å². The predicted octanol–water partition coefficient (Wildman–Crippen LogP) is 3.16. The fraction of sp³-hybridized carbons (Fsp3) is 0.167. The maximum atomic E-state index is 13.3. The summed E-state index contributed by atoms with van der Waals surface area (Å²) in [6.07, 6.45) is 3.64. The van der Waals surface area contributed by atoms with Crippen LogP contribution < -0.4 is 5.32 Å². The van der Waals surface area contributed by atoms with E-state index in [0.717, 1.165) is 11.1 Å². The Kier molecular flexibility index (Phi) is 5.01. The molecular formula is C24H20FN5O3. The summed E-state index contributed by atoms with van der Waals surface area (Å²) in [5.74, 6) is -0.630. The highest BCUT2D eigenvalue weighted by Crippen LogP contribution is 2.39. The number of rotatable bonds is 5. The number of aromatic amines is 1. The van der Waals surface area contributed by atoms with E-state index in [9.17, 15) is 19.1 Å². The van der Waals surface area contributed by atoms with Crippen LogP contribution in [0.3, 0.4) is 0 Å². The zero-order valence-corrected chi connectivity index (χ0v) is 17.7. The van der Waals surface area contributed by atoms with Crippen molar-refractivity contribution in [3.63, 3.8) is 0 Å². The number of nitrogens with one attached hydrogen (secondary N) is 2. The van der Waals surface area contributed by atoms with E-state index < -0.39 is 0 Å². The molecule has 0 spiro atoms. The molecule has 2 aromatic carbocycles. The molecule has 0 unspecified atom stereocenters. The minimum absolute atomic E-state index is 0.0130. The van der Waals surface area contributed by atoms with Crippen molar-refractivity contribution in [3.8, 4) is 5.75 Å². The predicted molar refractivity (Wildman–Crippen MR) is 119 cm³/mol. The van der Waals surface area contributed by atoms with E-state index in [4.69, 9.17) is 0 Å². The molecule has 0 atom stereocenters. The molecule has 0 bridgehead atoms. The van der Waals surface area contributed by atoms with E-state index in [0.29, 0.717) is 28.8 Å². The molecule has 3 heterocycles. The molecule has 2 amide bonds. The van der Waals surface area contributed by atoms with Crippen LogP contribution in [-0.2, 0) is 24.2 Å². The van der Waals surface area contributed by atoms with Gasteiger partial charge in [0.25, 0.3) is 5.91 Å². The van der Waals surface area contributed by atoms with Crippen molar-refractivity contribution in [3.05, 3.63) is 82.4 Å². The number of nitrogens with zero attached hydrogens (tertiary/aromatic N) is 3. The summed E-state index contributed by atoms with van der Waals surface area (Å²) in [7, 11) is 1.65. The van der Waals surface area contributed by atoms with Crippen molar-refractivity contribution in [2.45, 2.75) is 19.4 Å². The minimum atomic E-state index is -0.310. The van der Waals surface area contributed by atoms with Crippen molar-refractivity contribution in [1.82, 2.24) is 20.1 Å². The maximum absolute atomic E-state index is 13.3. The largest absolute Gasteiger partial charge is 0.505 e. The number of hydrogen-bond donors (Lipinski definition) is 3. The number of H-pyrrole nitrogens is 1. The van der Waals surface area contributed by atoms with Crippen LogP contribution in [-0.4, -0.2) is 44.0 Å². The number of phenolic OH excluding ortho intramolecular Hbond substituents is 1. The number of hydrogen-bond acceptors (Lipinski definition) is 5. The van der Waals surface area contributed by atoms with Gasteiger partial charge >= 0.3 is 0 Å². The van der Waals surface area contributed by atoms with Gasteiger partial charge in [-0.15, -0.1) is 0 Å². The zero-order chi connectivity index (χ0) is 23.1. The number of carbonyl (C=O) groups is 2. The SMILES string of the molecule is CN1Cc2c(c(O)c3ncc(Cc4ccc(F)cc4)cc3c2CC(=O)Nc2ccn[nH]2)C1=O. The van der Waals surface area contributed by atoms with Gasteiger partial charge in [0.05, 0.1) is 18.2 Å². The first-order valence-corrected chi connectivity index (χ1v) is 10.3.